The molecule has 254 valence electrons. The van der Waals surface area contributed by atoms with Gasteiger partial charge in [0, 0.05) is 18.9 Å². The van der Waals surface area contributed by atoms with E-state index in [1.807, 2.05) is 0 Å². The number of ether oxygens (including phenoxy) is 9. The topological polar surface area (TPSA) is 151 Å². The minimum atomic E-state index is -0.266. The Hall–Kier alpha value is -2.08. The number of carbonyl (C=O) groups is 2. The fraction of sp³-hybridized carbons (Fsp3) is 0.862. The van der Waals surface area contributed by atoms with E-state index < -0.39 is 0 Å². The third kappa shape index (κ3) is 18.7. The predicted molar refractivity (Wildman–Crippen MR) is 157 cm³/mol. The maximum Gasteiger partial charge on any atom is 0.232 e. The van der Waals surface area contributed by atoms with E-state index in [1.165, 1.54) is 4.90 Å². The van der Waals surface area contributed by atoms with E-state index in [1.54, 1.807) is 17.8 Å². The average Bonchev–Trinajstić information content (AvgIpc) is 3.57. The van der Waals surface area contributed by atoms with Crippen LogP contribution in [0.2, 0.25) is 0 Å². The Kier molecular flexibility index (Phi) is 22.7. The Morgan fingerprint density at radius 3 is 1.39 bits per heavy atom. The Labute approximate surface area is 260 Å². The van der Waals surface area contributed by atoms with Crippen molar-refractivity contribution in [3.63, 3.8) is 0 Å². The van der Waals surface area contributed by atoms with Crippen LogP contribution in [0.25, 0.3) is 0 Å². The van der Waals surface area contributed by atoms with E-state index in [4.69, 9.17) is 42.6 Å². The van der Waals surface area contributed by atoms with Gasteiger partial charge < -0.3 is 42.6 Å². The molecule has 0 aliphatic carbocycles. The highest BCUT2D eigenvalue weighted by Gasteiger charge is 2.35. The minimum absolute atomic E-state index is 0.154. The van der Waals surface area contributed by atoms with Crippen LogP contribution < -0.4 is 0 Å². The van der Waals surface area contributed by atoms with Gasteiger partial charge in [0.1, 0.15) is 5.69 Å². The normalized spacial score (nSPS) is 15.2. The van der Waals surface area contributed by atoms with Gasteiger partial charge in [-0.25, -0.2) is 4.68 Å². The van der Waals surface area contributed by atoms with E-state index in [-0.39, 0.29) is 30.7 Å². The highest BCUT2D eigenvalue weighted by molar-refractivity contribution is 6.03. The largest absolute Gasteiger partial charge is 0.379 e. The number of likely N-dealkylation sites (tertiary alicyclic amines) is 1. The summed E-state index contributed by atoms with van der Waals surface area (Å²) >= 11 is 0. The molecule has 44 heavy (non-hydrogen) atoms. The van der Waals surface area contributed by atoms with Gasteiger partial charge in [-0.15, -0.1) is 5.10 Å². The molecule has 1 aliphatic rings. The molecule has 2 amide bonds. The Balaban J connectivity index is 1.23. The first-order valence-electron chi connectivity index (χ1n) is 15.5. The molecule has 0 radical (unpaired) electrons. The van der Waals surface area contributed by atoms with Gasteiger partial charge in [0.15, 0.2) is 0 Å². The fourth-order valence-electron chi connectivity index (χ4n) is 3.86. The molecule has 1 aromatic heterocycles. The highest BCUT2D eigenvalue weighted by atomic mass is 16.6. The molecule has 1 fully saturated rings. The molecule has 15 heteroatoms. The molecule has 2 rings (SSSR count). The van der Waals surface area contributed by atoms with Gasteiger partial charge in [-0.1, -0.05) is 19.1 Å². The van der Waals surface area contributed by atoms with Crippen molar-refractivity contribution in [2.45, 2.75) is 39.8 Å². The summed E-state index contributed by atoms with van der Waals surface area (Å²) in [4.78, 5) is 25.2. The molecule has 1 saturated heterocycles. The van der Waals surface area contributed by atoms with Crippen molar-refractivity contribution in [3.8, 4) is 0 Å². The van der Waals surface area contributed by atoms with Crippen LogP contribution in [0.5, 0.6) is 0 Å². The maximum absolute atomic E-state index is 12.0. The van der Waals surface area contributed by atoms with Gasteiger partial charge in [-0.2, -0.15) is 0 Å². The average molecular weight is 633 g/mol. The lowest BCUT2D eigenvalue weighted by molar-refractivity contribution is -0.140. The molecular formula is C29H52N4O11. The molecule has 0 spiro atoms. The number of imide groups is 1. The van der Waals surface area contributed by atoms with Crippen LogP contribution in [0.15, 0.2) is 6.20 Å². The summed E-state index contributed by atoms with van der Waals surface area (Å²) in [5.41, 5.74) is 0.573. The lowest BCUT2D eigenvalue weighted by Gasteiger charge is -2.11. The van der Waals surface area contributed by atoms with E-state index >= 15 is 0 Å². The Morgan fingerprint density at radius 2 is 1.02 bits per heavy atom. The van der Waals surface area contributed by atoms with E-state index in [9.17, 15) is 9.59 Å². The van der Waals surface area contributed by atoms with Crippen LogP contribution in [0.3, 0.4) is 0 Å². The zero-order chi connectivity index (χ0) is 31.5. The van der Waals surface area contributed by atoms with Crippen LogP contribution in [0.1, 0.15) is 32.4 Å². The summed E-state index contributed by atoms with van der Waals surface area (Å²) in [6.07, 6.45) is 2.99. The molecule has 15 nitrogen and oxygen atoms in total. The van der Waals surface area contributed by atoms with Crippen molar-refractivity contribution in [2.75, 3.05) is 119 Å². The number of carbonyl (C=O) groups excluding carboxylic acids is 2. The molecule has 1 aliphatic heterocycles. The Morgan fingerprint density at radius 1 is 0.636 bits per heavy atom. The molecule has 0 aromatic carbocycles. The lowest BCUT2D eigenvalue weighted by atomic mass is 10.1. The lowest BCUT2D eigenvalue weighted by Crippen LogP contribution is -2.29. The number of hydrogen-bond donors (Lipinski definition) is 0. The molecule has 0 bridgehead atoms. The standard InChI is InChI=1S/C29H52N4O11/c1-3-5-36-7-9-38-11-13-40-15-17-42-19-21-44-22-20-43-18-16-41-14-12-39-10-8-37-6-4-32-24-27(30-31-32)25-33-28(34)23-26(2)29(33)35/h24,26H,3-23,25H2,1-2H3. The van der Waals surface area contributed by atoms with Crippen molar-refractivity contribution in [2.24, 2.45) is 5.92 Å². The third-order valence-electron chi connectivity index (χ3n) is 6.16. The summed E-state index contributed by atoms with van der Waals surface area (Å²) in [7, 11) is 0. The number of amides is 2. The first-order valence-corrected chi connectivity index (χ1v) is 15.5. The highest BCUT2D eigenvalue weighted by Crippen LogP contribution is 2.20. The SMILES string of the molecule is CCCOCCOCCOCCOCCOCCOCCOCCOCCOCCn1cc(CN2C(=O)CC(C)C2=O)nn1. The number of hydrogen-bond acceptors (Lipinski definition) is 13. The van der Waals surface area contributed by atoms with Crippen molar-refractivity contribution < 1.29 is 52.2 Å². The maximum atomic E-state index is 12.0. The van der Waals surface area contributed by atoms with E-state index in [0.717, 1.165) is 13.0 Å². The van der Waals surface area contributed by atoms with Crippen LogP contribution in [0, 0.1) is 5.92 Å². The van der Waals surface area contributed by atoms with Crippen molar-refractivity contribution in [1.29, 1.82) is 0 Å². The fourth-order valence-corrected chi connectivity index (χ4v) is 3.86. The second-order valence-electron chi connectivity index (χ2n) is 9.91. The zero-order valence-electron chi connectivity index (χ0n) is 26.5. The first kappa shape index (κ1) is 38.1. The molecule has 2 heterocycles. The molecule has 1 unspecified atom stereocenters. The summed E-state index contributed by atoms with van der Waals surface area (Å²) in [5.74, 6) is -0.595. The monoisotopic (exact) mass is 632 g/mol. The quantitative estimate of drug-likeness (QED) is 0.0837. The summed E-state index contributed by atoms with van der Waals surface area (Å²) in [6.45, 7) is 13.9. The van der Waals surface area contributed by atoms with Gasteiger partial charge in [0.05, 0.1) is 132 Å². The first-order chi connectivity index (χ1) is 21.6. The Bertz CT molecular complexity index is 861. The van der Waals surface area contributed by atoms with Crippen LogP contribution in [0.4, 0.5) is 0 Å². The number of nitrogens with zero attached hydrogens (tertiary/aromatic N) is 4. The summed E-state index contributed by atoms with van der Waals surface area (Å²) < 4.78 is 50.7. The van der Waals surface area contributed by atoms with Crippen LogP contribution in [-0.2, 0) is 65.3 Å². The zero-order valence-corrected chi connectivity index (χ0v) is 26.5. The van der Waals surface area contributed by atoms with Crippen LogP contribution in [-0.4, -0.2) is 151 Å². The van der Waals surface area contributed by atoms with Crippen molar-refractivity contribution >= 4 is 11.8 Å². The van der Waals surface area contributed by atoms with Crippen molar-refractivity contribution in [3.05, 3.63) is 11.9 Å². The third-order valence-corrected chi connectivity index (χ3v) is 6.16. The minimum Gasteiger partial charge on any atom is -0.379 e. The molecular weight excluding hydrogens is 580 g/mol. The molecule has 1 aromatic rings. The van der Waals surface area contributed by atoms with Crippen LogP contribution >= 0.6 is 0 Å². The second kappa shape index (κ2) is 26.2. The van der Waals surface area contributed by atoms with Gasteiger partial charge in [0.2, 0.25) is 11.8 Å². The van der Waals surface area contributed by atoms with Gasteiger partial charge in [-0.05, 0) is 6.42 Å². The van der Waals surface area contributed by atoms with Gasteiger partial charge in [0.25, 0.3) is 0 Å². The smallest absolute Gasteiger partial charge is 0.232 e. The summed E-state index contributed by atoms with van der Waals surface area (Å²) in [6, 6.07) is 0. The number of aromatic nitrogens is 3. The second-order valence-corrected chi connectivity index (χ2v) is 9.91. The van der Waals surface area contributed by atoms with Gasteiger partial charge in [-0.3, -0.25) is 14.5 Å². The van der Waals surface area contributed by atoms with E-state index in [2.05, 4.69) is 17.2 Å². The van der Waals surface area contributed by atoms with E-state index in [0.29, 0.717) is 125 Å². The van der Waals surface area contributed by atoms with Gasteiger partial charge >= 0.3 is 0 Å². The van der Waals surface area contributed by atoms with Crippen molar-refractivity contribution in [1.82, 2.24) is 19.9 Å². The molecule has 0 saturated carbocycles. The summed E-state index contributed by atoms with van der Waals surface area (Å²) in [5, 5.41) is 8.06. The molecule has 0 N–H and O–H groups in total. The number of rotatable bonds is 31. The molecule has 1 atom stereocenters. The predicted octanol–water partition coefficient (Wildman–Crippen LogP) is 0.733.